The molecule has 1 heterocycles. The number of carbonyl (C=O) groups is 1. The number of nitrogens with one attached hydrogen (secondary N) is 2. The normalized spacial score (nSPS) is 16.3. The van der Waals surface area contributed by atoms with Crippen molar-refractivity contribution in [2.45, 2.75) is 13.3 Å². The largest absolute Gasteiger partial charge is 0.356 e. The number of carbonyl (C=O) groups excluding carboxylic acids is 1. The van der Waals surface area contributed by atoms with Crippen LogP contribution in [-0.4, -0.2) is 25.5 Å². The maximum absolute atomic E-state index is 11.8. The number of hydrogen-bond donors (Lipinski definition) is 2. The Kier molecular flexibility index (Phi) is 6.16. The second kappa shape index (κ2) is 7.39. The summed E-state index contributed by atoms with van der Waals surface area (Å²) in [5.74, 6) is 0.839. The fourth-order valence-electron chi connectivity index (χ4n) is 2.01. The SMILES string of the molecule is CC(C(=O)NCCc1ccccc1)C1CNC1.Cl. The summed E-state index contributed by atoms with van der Waals surface area (Å²) in [6.07, 6.45) is 0.905. The van der Waals surface area contributed by atoms with Gasteiger partial charge >= 0.3 is 0 Å². The molecule has 0 aliphatic carbocycles. The average molecular weight is 269 g/mol. The summed E-state index contributed by atoms with van der Waals surface area (Å²) in [4.78, 5) is 11.8. The van der Waals surface area contributed by atoms with E-state index in [-0.39, 0.29) is 24.2 Å². The number of rotatable bonds is 5. The summed E-state index contributed by atoms with van der Waals surface area (Å²) in [7, 11) is 0. The minimum atomic E-state index is 0. The smallest absolute Gasteiger partial charge is 0.223 e. The van der Waals surface area contributed by atoms with Crippen LogP contribution in [0.1, 0.15) is 12.5 Å². The predicted octanol–water partition coefficient (Wildman–Crippen LogP) is 1.62. The van der Waals surface area contributed by atoms with Gasteiger partial charge in [0.1, 0.15) is 0 Å². The van der Waals surface area contributed by atoms with Gasteiger partial charge in [0, 0.05) is 12.5 Å². The maximum atomic E-state index is 11.8. The lowest BCUT2D eigenvalue weighted by Crippen LogP contribution is -2.49. The molecule has 1 amide bonds. The third-order valence-electron chi connectivity index (χ3n) is 3.49. The first-order chi connectivity index (χ1) is 8.27. The van der Waals surface area contributed by atoms with Crippen molar-refractivity contribution in [3.05, 3.63) is 35.9 Å². The fourth-order valence-corrected chi connectivity index (χ4v) is 2.01. The molecule has 1 aliphatic rings. The van der Waals surface area contributed by atoms with Crippen LogP contribution in [0.2, 0.25) is 0 Å². The van der Waals surface area contributed by atoms with Crippen molar-refractivity contribution in [2.24, 2.45) is 11.8 Å². The van der Waals surface area contributed by atoms with E-state index in [1.54, 1.807) is 0 Å². The molecule has 1 saturated heterocycles. The van der Waals surface area contributed by atoms with Crippen LogP contribution in [0.25, 0.3) is 0 Å². The molecule has 18 heavy (non-hydrogen) atoms. The molecule has 0 saturated carbocycles. The molecule has 3 nitrogen and oxygen atoms in total. The Labute approximate surface area is 115 Å². The molecule has 0 aromatic heterocycles. The highest BCUT2D eigenvalue weighted by Gasteiger charge is 2.28. The quantitative estimate of drug-likeness (QED) is 0.852. The zero-order valence-electron chi connectivity index (χ0n) is 10.7. The Balaban J connectivity index is 0.00000162. The Bertz CT molecular complexity index is 365. The van der Waals surface area contributed by atoms with E-state index in [9.17, 15) is 4.79 Å². The van der Waals surface area contributed by atoms with Gasteiger partial charge in [0.2, 0.25) is 5.91 Å². The van der Waals surface area contributed by atoms with E-state index in [0.717, 1.165) is 26.1 Å². The van der Waals surface area contributed by atoms with Crippen LogP contribution in [0, 0.1) is 11.8 Å². The number of hydrogen-bond acceptors (Lipinski definition) is 2. The van der Waals surface area contributed by atoms with Gasteiger partial charge in [-0.2, -0.15) is 0 Å². The Hall–Kier alpha value is -1.06. The van der Waals surface area contributed by atoms with Crippen LogP contribution in [0.15, 0.2) is 30.3 Å². The lowest BCUT2D eigenvalue weighted by atomic mass is 9.88. The summed E-state index contributed by atoms with van der Waals surface area (Å²) in [6.45, 7) is 4.71. The van der Waals surface area contributed by atoms with Gasteiger partial charge in [-0.05, 0) is 31.0 Å². The predicted molar refractivity (Wildman–Crippen MR) is 75.9 cm³/mol. The first kappa shape index (κ1) is 15.0. The van der Waals surface area contributed by atoms with Gasteiger partial charge in [0.15, 0.2) is 0 Å². The number of amides is 1. The molecule has 0 spiro atoms. The van der Waals surface area contributed by atoms with Gasteiger partial charge in [-0.15, -0.1) is 12.4 Å². The van der Waals surface area contributed by atoms with Crippen molar-refractivity contribution >= 4 is 18.3 Å². The van der Waals surface area contributed by atoms with Crippen LogP contribution in [0.3, 0.4) is 0 Å². The standard InChI is InChI=1S/C14H20N2O.ClH/c1-11(13-9-15-10-13)14(17)16-8-7-12-5-3-2-4-6-12;/h2-6,11,13,15H,7-10H2,1H3,(H,16,17);1H. The van der Waals surface area contributed by atoms with Crippen molar-refractivity contribution in [1.82, 2.24) is 10.6 Å². The molecule has 1 aromatic rings. The molecule has 2 N–H and O–H groups in total. The minimum Gasteiger partial charge on any atom is -0.356 e. The molecule has 1 aliphatic heterocycles. The van der Waals surface area contributed by atoms with Gasteiger partial charge in [0.05, 0.1) is 0 Å². The lowest BCUT2D eigenvalue weighted by Gasteiger charge is -2.31. The van der Waals surface area contributed by atoms with Crippen LogP contribution in [-0.2, 0) is 11.2 Å². The summed E-state index contributed by atoms with van der Waals surface area (Å²) < 4.78 is 0. The van der Waals surface area contributed by atoms with Gasteiger partial charge in [0.25, 0.3) is 0 Å². The van der Waals surface area contributed by atoms with Crippen LogP contribution in [0.5, 0.6) is 0 Å². The molecule has 0 bridgehead atoms. The van der Waals surface area contributed by atoms with E-state index in [1.165, 1.54) is 5.56 Å². The van der Waals surface area contributed by atoms with Crippen LogP contribution in [0.4, 0.5) is 0 Å². The molecule has 1 atom stereocenters. The van der Waals surface area contributed by atoms with E-state index >= 15 is 0 Å². The van der Waals surface area contributed by atoms with Gasteiger partial charge in [-0.3, -0.25) is 4.79 Å². The molecule has 1 fully saturated rings. The second-order valence-corrected chi connectivity index (χ2v) is 4.73. The van der Waals surface area contributed by atoms with E-state index in [0.29, 0.717) is 5.92 Å². The molecule has 1 unspecified atom stereocenters. The molecule has 100 valence electrons. The van der Waals surface area contributed by atoms with Crippen molar-refractivity contribution in [2.75, 3.05) is 19.6 Å². The van der Waals surface area contributed by atoms with Crippen molar-refractivity contribution in [1.29, 1.82) is 0 Å². The Morgan fingerprint density at radius 3 is 2.61 bits per heavy atom. The van der Waals surface area contributed by atoms with Crippen molar-refractivity contribution < 1.29 is 4.79 Å². The average Bonchev–Trinajstić information content (AvgIpc) is 2.28. The molecule has 0 radical (unpaired) electrons. The number of benzene rings is 1. The minimum absolute atomic E-state index is 0. The third kappa shape index (κ3) is 4.00. The summed E-state index contributed by atoms with van der Waals surface area (Å²) in [5, 5.41) is 6.21. The zero-order chi connectivity index (χ0) is 12.1. The molecule has 2 rings (SSSR count). The van der Waals surface area contributed by atoms with Gasteiger partial charge in [-0.1, -0.05) is 37.3 Å². The van der Waals surface area contributed by atoms with Gasteiger partial charge < -0.3 is 10.6 Å². The van der Waals surface area contributed by atoms with Gasteiger partial charge in [-0.25, -0.2) is 0 Å². The number of halogens is 1. The van der Waals surface area contributed by atoms with Crippen LogP contribution >= 0.6 is 12.4 Å². The second-order valence-electron chi connectivity index (χ2n) is 4.73. The Morgan fingerprint density at radius 2 is 2.06 bits per heavy atom. The van der Waals surface area contributed by atoms with E-state index < -0.39 is 0 Å². The highest BCUT2D eigenvalue weighted by atomic mass is 35.5. The van der Waals surface area contributed by atoms with Crippen molar-refractivity contribution in [3.8, 4) is 0 Å². The monoisotopic (exact) mass is 268 g/mol. The maximum Gasteiger partial charge on any atom is 0.223 e. The summed E-state index contributed by atoms with van der Waals surface area (Å²) >= 11 is 0. The third-order valence-corrected chi connectivity index (χ3v) is 3.49. The molecular formula is C14H21ClN2O. The van der Waals surface area contributed by atoms with E-state index in [4.69, 9.17) is 0 Å². The highest BCUT2D eigenvalue weighted by Crippen LogP contribution is 2.15. The molecular weight excluding hydrogens is 248 g/mol. The molecule has 4 heteroatoms. The zero-order valence-corrected chi connectivity index (χ0v) is 11.5. The lowest BCUT2D eigenvalue weighted by molar-refractivity contribution is -0.126. The van der Waals surface area contributed by atoms with Crippen LogP contribution < -0.4 is 10.6 Å². The summed E-state index contributed by atoms with van der Waals surface area (Å²) in [6, 6.07) is 10.2. The molecule has 1 aromatic carbocycles. The van der Waals surface area contributed by atoms with E-state index in [2.05, 4.69) is 22.8 Å². The Morgan fingerprint density at radius 1 is 1.39 bits per heavy atom. The first-order valence-electron chi connectivity index (χ1n) is 6.29. The van der Waals surface area contributed by atoms with Crippen molar-refractivity contribution in [3.63, 3.8) is 0 Å². The highest BCUT2D eigenvalue weighted by molar-refractivity contribution is 5.85. The first-order valence-corrected chi connectivity index (χ1v) is 6.29. The summed E-state index contributed by atoms with van der Waals surface area (Å²) in [5.41, 5.74) is 1.27. The van der Waals surface area contributed by atoms with E-state index in [1.807, 2.05) is 25.1 Å². The topological polar surface area (TPSA) is 41.1 Å². The fraction of sp³-hybridized carbons (Fsp3) is 0.500.